The largest absolute Gasteiger partial charge is 0.479 e. The summed E-state index contributed by atoms with van der Waals surface area (Å²) < 4.78 is 8.51. The van der Waals surface area contributed by atoms with Gasteiger partial charge >= 0.3 is 5.69 Å². The first-order chi connectivity index (χ1) is 13.1. The summed E-state index contributed by atoms with van der Waals surface area (Å²) in [6, 6.07) is 16.3. The summed E-state index contributed by atoms with van der Waals surface area (Å²) in [7, 11) is 0. The molecule has 0 spiro atoms. The molecule has 138 valence electrons. The van der Waals surface area contributed by atoms with Gasteiger partial charge in [-0.3, -0.25) is 13.9 Å². The summed E-state index contributed by atoms with van der Waals surface area (Å²) in [6.07, 6.45) is 0.185. The van der Waals surface area contributed by atoms with E-state index in [9.17, 15) is 9.59 Å². The lowest BCUT2D eigenvalue weighted by Gasteiger charge is -2.07. The average Bonchev–Trinajstić information content (AvgIpc) is 2.96. The second-order valence-electron chi connectivity index (χ2n) is 5.94. The second-order valence-corrected chi connectivity index (χ2v) is 5.94. The van der Waals surface area contributed by atoms with Gasteiger partial charge in [0.2, 0.25) is 5.91 Å². The Morgan fingerprint density at radius 3 is 2.41 bits per heavy atom. The van der Waals surface area contributed by atoms with Crippen molar-refractivity contribution in [2.45, 2.75) is 26.4 Å². The summed E-state index contributed by atoms with van der Waals surface area (Å²) in [5.74, 6) is 0.384. The molecule has 2 aromatic carbocycles. The van der Waals surface area contributed by atoms with Crippen LogP contribution in [0.25, 0.3) is 11.0 Å². The first-order valence-electron chi connectivity index (χ1n) is 8.71. The fourth-order valence-electron chi connectivity index (χ4n) is 2.98. The van der Waals surface area contributed by atoms with Crippen LogP contribution in [-0.2, 0) is 17.9 Å². The second kappa shape index (κ2) is 8.23. The Morgan fingerprint density at radius 1 is 1.11 bits per heavy atom. The Bertz CT molecular complexity index is 1040. The van der Waals surface area contributed by atoms with Crippen LogP contribution < -0.4 is 15.7 Å². The number of fused-ring (bicyclic) bond motifs is 1. The molecule has 0 aliphatic carbocycles. The molecule has 1 N–H and O–H groups in total. The average molecular weight is 364 g/mol. The first-order valence-corrected chi connectivity index (χ1v) is 8.71. The Kier molecular flexibility index (Phi) is 5.57. The molecule has 0 aliphatic rings. The fourth-order valence-corrected chi connectivity index (χ4v) is 2.98. The number of benzene rings is 2. The topological polar surface area (TPSA) is 89.1 Å². The van der Waals surface area contributed by atoms with E-state index in [4.69, 9.17) is 10.00 Å². The maximum atomic E-state index is 12.6. The van der Waals surface area contributed by atoms with Crippen molar-refractivity contribution >= 4 is 22.6 Å². The van der Waals surface area contributed by atoms with Crippen LogP contribution in [0.2, 0.25) is 0 Å². The van der Waals surface area contributed by atoms with Crippen molar-refractivity contribution in [1.29, 1.82) is 5.26 Å². The number of nitrogens with one attached hydrogen (secondary N) is 1. The highest BCUT2D eigenvalue weighted by Gasteiger charge is 2.12. The fraction of sp³-hybridized carbons (Fsp3) is 0.250. The zero-order valence-corrected chi connectivity index (χ0v) is 15.0. The predicted molar refractivity (Wildman–Crippen MR) is 103 cm³/mol. The van der Waals surface area contributed by atoms with E-state index in [1.165, 1.54) is 0 Å². The predicted octanol–water partition coefficient (Wildman–Crippen LogP) is 2.75. The molecule has 0 fully saturated rings. The van der Waals surface area contributed by atoms with Gasteiger partial charge < -0.3 is 10.1 Å². The molecule has 7 heteroatoms. The number of anilines is 1. The minimum atomic E-state index is -0.180. The van der Waals surface area contributed by atoms with Gasteiger partial charge in [-0.1, -0.05) is 12.1 Å². The summed E-state index contributed by atoms with van der Waals surface area (Å²) in [5.41, 5.74) is 2.23. The van der Waals surface area contributed by atoms with Crippen LogP contribution in [0.3, 0.4) is 0 Å². The van der Waals surface area contributed by atoms with Crippen molar-refractivity contribution < 1.29 is 9.53 Å². The number of para-hydroxylation sites is 2. The van der Waals surface area contributed by atoms with E-state index in [-0.39, 0.29) is 24.6 Å². The third-order valence-electron chi connectivity index (χ3n) is 4.25. The van der Waals surface area contributed by atoms with Crippen LogP contribution >= 0.6 is 0 Å². The number of nitrogens with zero attached hydrogens (tertiary/aromatic N) is 3. The molecule has 27 heavy (non-hydrogen) atoms. The number of nitriles is 1. The first kappa shape index (κ1) is 18.3. The molecule has 1 heterocycles. The van der Waals surface area contributed by atoms with Crippen molar-refractivity contribution in [2.75, 3.05) is 11.9 Å². The van der Waals surface area contributed by atoms with Crippen molar-refractivity contribution in [3.05, 3.63) is 59.0 Å². The Balaban J connectivity index is 1.66. The number of hydrogen-bond acceptors (Lipinski definition) is 4. The number of amides is 1. The highest BCUT2D eigenvalue weighted by Crippen LogP contribution is 2.16. The van der Waals surface area contributed by atoms with Crippen molar-refractivity contribution in [3.8, 4) is 11.8 Å². The van der Waals surface area contributed by atoms with Crippen LogP contribution in [0.5, 0.6) is 5.75 Å². The number of carbonyl (C=O) groups excluding carboxylic acids is 1. The minimum absolute atomic E-state index is 0.0220. The molecule has 0 aliphatic heterocycles. The molecule has 1 aromatic heterocycles. The maximum Gasteiger partial charge on any atom is 0.329 e. The molecule has 0 unspecified atom stereocenters. The molecule has 3 aromatic rings. The zero-order valence-electron chi connectivity index (χ0n) is 15.0. The van der Waals surface area contributed by atoms with Crippen LogP contribution in [0.4, 0.5) is 5.69 Å². The van der Waals surface area contributed by atoms with Gasteiger partial charge in [0.05, 0.1) is 11.0 Å². The lowest BCUT2D eigenvalue weighted by molar-refractivity contribution is -0.116. The number of hydrogen-bond donors (Lipinski definition) is 1. The molecule has 0 atom stereocenters. The molecule has 0 saturated carbocycles. The van der Waals surface area contributed by atoms with Gasteiger partial charge in [0.25, 0.3) is 0 Å². The third kappa shape index (κ3) is 4.01. The van der Waals surface area contributed by atoms with E-state index in [1.807, 2.05) is 37.3 Å². The van der Waals surface area contributed by atoms with Crippen LogP contribution in [0, 0.1) is 11.3 Å². The van der Waals surface area contributed by atoms with E-state index in [0.717, 1.165) is 11.0 Å². The number of rotatable bonds is 7. The zero-order chi connectivity index (χ0) is 19.2. The molecule has 0 saturated heterocycles. The minimum Gasteiger partial charge on any atom is -0.479 e. The van der Waals surface area contributed by atoms with Crippen LogP contribution in [0.1, 0.15) is 13.3 Å². The van der Waals surface area contributed by atoms with Crippen molar-refractivity contribution in [3.63, 3.8) is 0 Å². The molecular weight excluding hydrogens is 344 g/mol. The molecule has 1 amide bonds. The SMILES string of the molecule is CCn1c(=O)n(CCC(=O)Nc2ccc(OCC#N)cc2)c2ccccc21. The van der Waals surface area contributed by atoms with Gasteiger partial charge in [0.1, 0.15) is 11.8 Å². The van der Waals surface area contributed by atoms with Gasteiger partial charge in [-0.2, -0.15) is 5.26 Å². The van der Waals surface area contributed by atoms with Crippen molar-refractivity contribution in [1.82, 2.24) is 9.13 Å². The number of ether oxygens (including phenoxy) is 1. The van der Waals surface area contributed by atoms with E-state index in [1.54, 1.807) is 33.4 Å². The lowest BCUT2D eigenvalue weighted by Crippen LogP contribution is -2.25. The summed E-state index contributed by atoms with van der Waals surface area (Å²) in [5, 5.41) is 11.3. The Morgan fingerprint density at radius 2 is 1.78 bits per heavy atom. The number of carbonyl (C=O) groups is 1. The van der Waals surface area contributed by atoms with Crippen molar-refractivity contribution in [2.24, 2.45) is 0 Å². The molecule has 0 radical (unpaired) electrons. The summed E-state index contributed by atoms with van der Waals surface area (Å²) >= 11 is 0. The highest BCUT2D eigenvalue weighted by molar-refractivity contribution is 5.90. The third-order valence-corrected chi connectivity index (χ3v) is 4.25. The number of aryl methyl sites for hydroxylation is 2. The summed E-state index contributed by atoms with van der Waals surface area (Å²) in [4.78, 5) is 24.8. The molecule has 3 rings (SSSR count). The molecular formula is C20H20N4O3. The Labute approximate surface area is 156 Å². The van der Waals surface area contributed by atoms with E-state index in [0.29, 0.717) is 24.5 Å². The lowest BCUT2D eigenvalue weighted by atomic mass is 10.3. The van der Waals surface area contributed by atoms with E-state index >= 15 is 0 Å². The number of aromatic nitrogens is 2. The monoisotopic (exact) mass is 364 g/mol. The van der Waals surface area contributed by atoms with Gasteiger partial charge in [-0.25, -0.2) is 4.79 Å². The van der Waals surface area contributed by atoms with E-state index < -0.39 is 0 Å². The normalized spacial score (nSPS) is 10.5. The van der Waals surface area contributed by atoms with Gasteiger partial charge in [-0.15, -0.1) is 0 Å². The van der Waals surface area contributed by atoms with Gasteiger partial charge in [0, 0.05) is 25.2 Å². The van der Waals surface area contributed by atoms with E-state index in [2.05, 4.69) is 5.32 Å². The maximum absolute atomic E-state index is 12.6. The smallest absolute Gasteiger partial charge is 0.329 e. The number of imidazole rings is 1. The standard InChI is InChI=1S/C20H20N4O3/c1-2-23-17-5-3-4-6-18(17)24(20(23)26)13-11-19(25)22-15-7-9-16(10-8-15)27-14-12-21/h3-10H,2,11,13-14H2,1H3,(H,22,25). The molecule has 7 nitrogen and oxygen atoms in total. The Hall–Kier alpha value is -3.53. The van der Waals surface area contributed by atoms with Gasteiger partial charge in [-0.05, 0) is 43.3 Å². The summed E-state index contributed by atoms with van der Waals surface area (Å²) in [6.45, 7) is 2.79. The van der Waals surface area contributed by atoms with Crippen LogP contribution in [0.15, 0.2) is 53.3 Å². The quantitative estimate of drug-likeness (QED) is 0.698. The molecule has 0 bridgehead atoms. The van der Waals surface area contributed by atoms with Crippen LogP contribution in [-0.4, -0.2) is 21.6 Å². The highest BCUT2D eigenvalue weighted by atomic mass is 16.5. The van der Waals surface area contributed by atoms with Gasteiger partial charge in [0.15, 0.2) is 6.61 Å².